The summed E-state index contributed by atoms with van der Waals surface area (Å²) in [4.78, 5) is 12.8. The lowest BCUT2D eigenvalue weighted by molar-refractivity contribution is -0.120. The van der Waals surface area contributed by atoms with Crippen LogP contribution < -0.4 is 9.64 Å². The smallest absolute Gasteiger partial charge is 0.264 e. The maximum Gasteiger partial charge on any atom is 0.264 e. The molecule has 1 aromatic rings. The molecule has 0 aromatic heterocycles. The van der Waals surface area contributed by atoms with E-state index in [1.165, 1.54) is 0 Å². The second-order valence-electron chi connectivity index (χ2n) is 2.71. The number of fused-ring (bicyclic) bond motifs is 1. The highest BCUT2D eigenvalue weighted by molar-refractivity contribution is 5.97. The predicted molar refractivity (Wildman–Crippen MR) is 68.0 cm³/mol. The van der Waals surface area contributed by atoms with E-state index in [0.29, 0.717) is 0 Å². The van der Waals surface area contributed by atoms with Gasteiger partial charge in [0.05, 0.1) is 5.69 Å². The lowest BCUT2D eigenvalue weighted by atomic mass is 10.2. The van der Waals surface area contributed by atoms with Crippen molar-refractivity contribution in [1.29, 1.82) is 0 Å². The molecule has 0 aliphatic carbocycles. The van der Waals surface area contributed by atoms with Gasteiger partial charge in [0.25, 0.3) is 5.91 Å². The van der Waals surface area contributed by atoms with E-state index < -0.39 is 0 Å². The molecule has 90 valence electrons. The summed E-state index contributed by atoms with van der Waals surface area (Å²) in [5.74, 6) is 0.772. The van der Waals surface area contributed by atoms with E-state index in [9.17, 15) is 4.79 Å². The first-order chi connectivity index (χ1) is 7.79. The summed E-state index contributed by atoms with van der Waals surface area (Å²) in [6.07, 6.45) is 0. The Kier molecular flexibility index (Phi) is 7.01. The number of benzene rings is 1. The first-order valence-corrected chi connectivity index (χ1v) is 5.77. The van der Waals surface area contributed by atoms with E-state index >= 15 is 0 Å². The van der Waals surface area contributed by atoms with Crippen molar-refractivity contribution in [2.45, 2.75) is 27.7 Å². The van der Waals surface area contributed by atoms with Crippen molar-refractivity contribution in [2.24, 2.45) is 0 Å². The van der Waals surface area contributed by atoms with Crippen LogP contribution >= 0.6 is 0 Å². The van der Waals surface area contributed by atoms with Crippen LogP contribution in [0.2, 0.25) is 0 Å². The van der Waals surface area contributed by atoms with Crippen molar-refractivity contribution < 1.29 is 9.53 Å². The maximum atomic E-state index is 11.2. The maximum absolute atomic E-state index is 11.2. The molecule has 0 unspecified atom stereocenters. The summed E-state index contributed by atoms with van der Waals surface area (Å²) >= 11 is 0. The summed E-state index contributed by atoms with van der Waals surface area (Å²) in [5, 5.41) is 0. The van der Waals surface area contributed by atoms with Gasteiger partial charge in [-0.3, -0.25) is 4.79 Å². The number of anilines is 1. The highest BCUT2D eigenvalue weighted by Crippen LogP contribution is 2.29. The molecular weight excluding hydrogens is 202 g/mol. The Balaban J connectivity index is 0.000000509. The van der Waals surface area contributed by atoms with Crippen LogP contribution in [0.15, 0.2) is 24.3 Å². The molecule has 1 aliphatic rings. The second kappa shape index (κ2) is 7.74. The molecule has 0 atom stereocenters. The van der Waals surface area contributed by atoms with Gasteiger partial charge in [-0.25, -0.2) is 0 Å². The fraction of sp³-hybridized carbons (Fsp3) is 0.462. The number of nitrogens with zero attached hydrogens (tertiary/aromatic N) is 1. The highest BCUT2D eigenvalue weighted by Gasteiger charge is 2.20. The van der Waals surface area contributed by atoms with Crippen LogP contribution in [0.1, 0.15) is 27.7 Å². The molecule has 0 fully saturated rings. The van der Waals surface area contributed by atoms with E-state index in [0.717, 1.165) is 11.4 Å². The number of carbonyl (C=O) groups is 1. The zero-order chi connectivity index (χ0) is 12.6. The van der Waals surface area contributed by atoms with E-state index in [1.807, 2.05) is 52.0 Å². The molecule has 2 rings (SSSR count). The van der Waals surface area contributed by atoms with Gasteiger partial charge >= 0.3 is 0 Å². The summed E-state index contributed by atoms with van der Waals surface area (Å²) < 4.78 is 5.21. The van der Waals surface area contributed by atoms with Crippen LogP contribution in [0.25, 0.3) is 0 Å². The largest absolute Gasteiger partial charge is 0.482 e. The second-order valence-corrected chi connectivity index (χ2v) is 2.71. The Labute approximate surface area is 98.0 Å². The first kappa shape index (κ1) is 14.5. The predicted octanol–water partition coefficient (Wildman–Crippen LogP) is 3.09. The van der Waals surface area contributed by atoms with Crippen molar-refractivity contribution >= 4 is 11.6 Å². The minimum absolute atomic E-state index is 0.00583. The van der Waals surface area contributed by atoms with Gasteiger partial charge in [-0.1, -0.05) is 39.8 Å². The topological polar surface area (TPSA) is 29.5 Å². The van der Waals surface area contributed by atoms with E-state index in [2.05, 4.69) is 0 Å². The Morgan fingerprint density at radius 1 is 1.12 bits per heavy atom. The third-order valence-corrected chi connectivity index (χ3v) is 1.95. The number of hydrogen-bond donors (Lipinski definition) is 0. The molecule has 3 heteroatoms. The Hall–Kier alpha value is -1.51. The fourth-order valence-electron chi connectivity index (χ4n) is 1.23. The van der Waals surface area contributed by atoms with Gasteiger partial charge < -0.3 is 9.64 Å². The molecule has 0 saturated heterocycles. The summed E-state index contributed by atoms with van der Waals surface area (Å²) in [5.41, 5.74) is 0.841. The Morgan fingerprint density at radius 3 is 2.31 bits per heavy atom. The minimum Gasteiger partial charge on any atom is -0.482 e. The molecule has 16 heavy (non-hydrogen) atoms. The van der Waals surface area contributed by atoms with Crippen molar-refractivity contribution in [3.05, 3.63) is 24.3 Å². The van der Waals surface area contributed by atoms with E-state index in [-0.39, 0.29) is 12.5 Å². The molecule has 0 N–H and O–H groups in total. The number of rotatable bonds is 0. The molecule has 1 heterocycles. The van der Waals surface area contributed by atoms with Gasteiger partial charge in [0.2, 0.25) is 0 Å². The molecule has 1 aliphatic heterocycles. The van der Waals surface area contributed by atoms with E-state index in [4.69, 9.17) is 4.74 Å². The van der Waals surface area contributed by atoms with E-state index in [1.54, 1.807) is 11.9 Å². The molecule has 3 nitrogen and oxygen atoms in total. The summed E-state index contributed by atoms with van der Waals surface area (Å²) in [6.45, 7) is 8.15. The number of ether oxygens (including phenoxy) is 1. The number of carbonyl (C=O) groups excluding carboxylic acids is 1. The number of amides is 1. The standard InChI is InChI=1S/C9H9NO2.2C2H6/c1-10-7-4-2-3-5-8(7)12-6-9(10)11;2*1-2/h2-5H,6H2,1H3;2*1-2H3. The van der Waals surface area contributed by atoms with Crippen molar-refractivity contribution in [2.75, 3.05) is 18.6 Å². The Bertz CT molecular complexity index is 323. The van der Waals surface area contributed by atoms with Crippen LogP contribution in [0.5, 0.6) is 5.75 Å². The van der Waals surface area contributed by atoms with Gasteiger partial charge in [0.15, 0.2) is 6.61 Å². The highest BCUT2D eigenvalue weighted by atomic mass is 16.5. The molecule has 0 spiro atoms. The lowest BCUT2D eigenvalue weighted by Gasteiger charge is -2.25. The van der Waals surface area contributed by atoms with Gasteiger partial charge in [0, 0.05) is 7.05 Å². The number of para-hydroxylation sites is 2. The zero-order valence-corrected chi connectivity index (χ0v) is 10.8. The van der Waals surface area contributed by atoms with Gasteiger partial charge in [-0.05, 0) is 12.1 Å². The number of hydrogen-bond acceptors (Lipinski definition) is 2. The van der Waals surface area contributed by atoms with Crippen LogP contribution in [-0.4, -0.2) is 19.6 Å². The third-order valence-electron chi connectivity index (χ3n) is 1.95. The molecule has 1 aromatic carbocycles. The number of likely N-dealkylation sites (N-methyl/N-ethyl adjacent to an activating group) is 1. The third kappa shape index (κ3) is 3.26. The molecule has 0 saturated carbocycles. The monoisotopic (exact) mass is 223 g/mol. The lowest BCUT2D eigenvalue weighted by Crippen LogP contribution is -2.35. The molecular formula is C13H21NO2. The van der Waals surface area contributed by atoms with Crippen molar-refractivity contribution in [3.8, 4) is 5.75 Å². The zero-order valence-electron chi connectivity index (χ0n) is 10.8. The first-order valence-electron chi connectivity index (χ1n) is 5.77. The normalized spacial score (nSPS) is 12.3. The average molecular weight is 223 g/mol. The minimum atomic E-state index is -0.00583. The van der Waals surface area contributed by atoms with Gasteiger partial charge in [-0.2, -0.15) is 0 Å². The van der Waals surface area contributed by atoms with Crippen LogP contribution in [0.3, 0.4) is 0 Å². The average Bonchev–Trinajstić information content (AvgIpc) is 2.39. The fourth-order valence-corrected chi connectivity index (χ4v) is 1.23. The summed E-state index contributed by atoms with van der Waals surface area (Å²) in [7, 11) is 1.75. The summed E-state index contributed by atoms with van der Waals surface area (Å²) in [6, 6.07) is 7.50. The van der Waals surface area contributed by atoms with Crippen molar-refractivity contribution in [3.63, 3.8) is 0 Å². The van der Waals surface area contributed by atoms with Crippen LogP contribution in [-0.2, 0) is 4.79 Å². The molecule has 0 radical (unpaired) electrons. The Morgan fingerprint density at radius 2 is 1.69 bits per heavy atom. The van der Waals surface area contributed by atoms with Crippen LogP contribution in [0.4, 0.5) is 5.69 Å². The van der Waals surface area contributed by atoms with Gasteiger partial charge in [0.1, 0.15) is 5.75 Å². The molecule has 0 bridgehead atoms. The quantitative estimate of drug-likeness (QED) is 0.676. The SMILES string of the molecule is CC.CC.CN1C(=O)COc2ccccc21. The van der Waals surface area contributed by atoms with Crippen molar-refractivity contribution in [1.82, 2.24) is 0 Å². The molecule has 1 amide bonds. The van der Waals surface area contributed by atoms with Gasteiger partial charge in [-0.15, -0.1) is 0 Å². The van der Waals surface area contributed by atoms with Crippen LogP contribution in [0, 0.1) is 0 Å².